The molecule has 0 radical (unpaired) electrons. The highest BCUT2D eigenvalue weighted by Gasteiger charge is 2.44. The molecule has 1 N–H and O–H groups in total. The van der Waals surface area contributed by atoms with Gasteiger partial charge in [0.2, 0.25) is 0 Å². The molecule has 2 atom stereocenters. The van der Waals surface area contributed by atoms with Gasteiger partial charge in [0.1, 0.15) is 0 Å². The van der Waals surface area contributed by atoms with Gasteiger partial charge in [-0.2, -0.15) is 0 Å². The zero-order chi connectivity index (χ0) is 10.7. The first-order chi connectivity index (χ1) is 7.23. The van der Waals surface area contributed by atoms with Gasteiger partial charge in [-0.3, -0.25) is 0 Å². The van der Waals surface area contributed by atoms with Gasteiger partial charge in [-0.15, -0.1) is 0 Å². The predicted molar refractivity (Wildman–Crippen MR) is 60.0 cm³/mol. The third kappa shape index (κ3) is 2.52. The van der Waals surface area contributed by atoms with Crippen molar-refractivity contribution in [3.05, 3.63) is 0 Å². The largest absolute Gasteiger partial charge is 0.378 e. The Bertz CT molecular complexity index is 200. The Labute approximate surface area is 92.5 Å². The van der Waals surface area contributed by atoms with Crippen molar-refractivity contribution in [1.82, 2.24) is 5.32 Å². The summed E-state index contributed by atoms with van der Waals surface area (Å²) in [7, 11) is 0. The van der Waals surface area contributed by atoms with E-state index in [0.29, 0.717) is 12.0 Å². The molecule has 3 heteroatoms. The summed E-state index contributed by atoms with van der Waals surface area (Å²) in [5.41, 5.74) is 0.0904. The summed E-state index contributed by atoms with van der Waals surface area (Å²) in [4.78, 5) is 0. The van der Waals surface area contributed by atoms with Gasteiger partial charge in [0.15, 0.2) is 0 Å². The van der Waals surface area contributed by atoms with Crippen LogP contribution in [0.1, 0.15) is 33.1 Å². The second-order valence-electron chi connectivity index (χ2n) is 5.06. The molecule has 1 saturated carbocycles. The van der Waals surface area contributed by atoms with Crippen LogP contribution in [0, 0.1) is 5.92 Å². The molecule has 2 fully saturated rings. The molecule has 0 bridgehead atoms. The van der Waals surface area contributed by atoms with Crippen LogP contribution < -0.4 is 5.32 Å². The summed E-state index contributed by atoms with van der Waals surface area (Å²) in [6, 6.07) is 0. The summed E-state index contributed by atoms with van der Waals surface area (Å²) in [6.45, 7) is 7.93. The molecule has 1 saturated heterocycles. The van der Waals surface area contributed by atoms with Gasteiger partial charge in [-0.25, -0.2) is 0 Å². The molecule has 88 valence electrons. The average molecular weight is 213 g/mol. The first kappa shape index (κ1) is 11.4. The SMILES string of the molecule is CC(C)OC[C@@H]1CCC[C@@]12CNCCO2. The fourth-order valence-corrected chi connectivity index (χ4v) is 2.76. The van der Waals surface area contributed by atoms with Gasteiger partial charge in [0, 0.05) is 19.0 Å². The first-order valence-corrected chi connectivity index (χ1v) is 6.19. The van der Waals surface area contributed by atoms with Crippen LogP contribution in [0.2, 0.25) is 0 Å². The van der Waals surface area contributed by atoms with E-state index < -0.39 is 0 Å². The number of ether oxygens (including phenoxy) is 2. The maximum atomic E-state index is 6.03. The van der Waals surface area contributed by atoms with E-state index >= 15 is 0 Å². The molecule has 1 aliphatic heterocycles. The van der Waals surface area contributed by atoms with Crippen LogP contribution in [0.15, 0.2) is 0 Å². The minimum absolute atomic E-state index is 0.0904. The molecule has 0 amide bonds. The molecule has 2 rings (SSSR count). The normalized spacial score (nSPS) is 36.6. The lowest BCUT2D eigenvalue weighted by atomic mass is 9.90. The maximum Gasteiger partial charge on any atom is 0.0856 e. The third-order valence-corrected chi connectivity index (χ3v) is 3.62. The fraction of sp³-hybridized carbons (Fsp3) is 1.00. The smallest absolute Gasteiger partial charge is 0.0856 e. The van der Waals surface area contributed by atoms with E-state index in [1.807, 2.05) is 0 Å². The molecule has 2 aliphatic rings. The summed E-state index contributed by atoms with van der Waals surface area (Å²) in [6.07, 6.45) is 4.08. The predicted octanol–water partition coefficient (Wildman–Crippen LogP) is 1.57. The van der Waals surface area contributed by atoms with Crippen molar-refractivity contribution in [2.45, 2.75) is 44.8 Å². The Morgan fingerprint density at radius 2 is 2.40 bits per heavy atom. The molecular weight excluding hydrogens is 190 g/mol. The van der Waals surface area contributed by atoms with E-state index in [2.05, 4.69) is 19.2 Å². The van der Waals surface area contributed by atoms with Crippen LogP contribution in [0.25, 0.3) is 0 Å². The molecule has 0 aromatic rings. The van der Waals surface area contributed by atoms with Crippen molar-refractivity contribution >= 4 is 0 Å². The number of morpholine rings is 1. The van der Waals surface area contributed by atoms with Gasteiger partial charge in [-0.1, -0.05) is 6.42 Å². The van der Waals surface area contributed by atoms with Crippen molar-refractivity contribution in [3.8, 4) is 0 Å². The lowest BCUT2D eigenvalue weighted by Gasteiger charge is -2.39. The van der Waals surface area contributed by atoms with Gasteiger partial charge in [0.25, 0.3) is 0 Å². The van der Waals surface area contributed by atoms with Crippen LogP contribution in [0.5, 0.6) is 0 Å². The monoisotopic (exact) mass is 213 g/mol. The molecule has 3 nitrogen and oxygen atoms in total. The summed E-state index contributed by atoms with van der Waals surface area (Å²) >= 11 is 0. The number of rotatable bonds is 3. The van der Waals surface area contributed by atoms with E-state index in [9.17, 15) is 0 Å². The van der Waals surface area contributed by atoms with E-state index in [-0.39, 0.29) is 5.60 Å². The minimum atomic E-state index is 0.0904. The number of hydrogen-bond acceptors (Lipinski definition) is 3. The minimum Gasteiger partial charge on any atom is -0.378 e. The van der Waals surface area contributed by atoms with Crippen LogP contribution >= 0.6 is 0 Å². The zero-order valence-electron chi connectivity index (χ0n) is 9.92. The fourth-order valence-electron chi connectivity index (χ4n) is 2.76. The Hall–Kier alpha value is -0.120. The third-order valence-electron chi connectivity index (χ3n) is 3.62. The van der Waals surface area contributed by atoms with E-state index in [4.69, 9.17) is 9.47 Å². The summed E-state index contributed by atoms with van der Waals surface area (Å²) in [5, 5.41) is 3.45. The van der Waals surface area contributed by atoms with Crippen molar-refractivity contribution in [2.75, 3.05) is 26.3 Å². The van der Waals surface area contributed by atoms with Crippen LogP contribution in [-0.2, 0) is 9.47 Å². The van der Waals surface area contributed by atoms with E-state index in [1.54, 1.807) is 0 Å². The second kappa shape index (κ2) is 4.81. The number of nitrogens with one attached hydrogen (secondary N) is 1. The Morgan fingerprint density at radius 3 is 3.07 bits per heavy atom. The van der Waals surface area contributed by atoms with E-state index in [1.165, 1.54) is 19.3 Å². The van der Waals surface area contributed by atoms with Crippen molar-refractivity contribution < 1.29 is 9.47 Å². The van der Waals surface area contributed by atoms with Crippen LogP contribution in [0.3, 0.4) is 0 Å². The summed E-state index contributed by atoms with van der Waals surface area (Å²) in [5.74, 6) is 0.590. The molecule has 15 heavy (non-hydrogen) atoms. The van der Waals surface area contributed by atoms with Crippen molar-refractivity contribution in [1.29, 1.82) is 0 Å². The molecule has 0 unspecified atom stereocenters. The highest BCUT2D eigenvalue weighted by molar-refractivity contribution is 4.97. The Balaban J connectivity index is 1.91. The maximum absolute atomic E-state index is 6.03. The number of hydrogen-bond donors (Lipinski definition) is 1. The molecule has 1 spiro atoms. The summed E-state index contributed by atoms with van der Waals surface area (Å²) < 4.78 is 11.8. The van der Waals surface area contributed by atoms with E-state index in [0.717, 1.165) is 26.3 Å². The Morgan fingerprint density at radius 1 is 1.53 bits per heavy atom. The van der Waals surface area contributed by atoms with Crippen molar-refractivity contribution in [3.63, 3.8) is 0 Å². The quantitative estimate of drug-likeness (QED) is 0.772. The van der Waals surface area contributed by atoms with Gasteiger partial charge in [-0.05, 0) is 26.7 Å². The molecule has 1 heterocycles. The molecule has 0 aromatic carbocycles. The second-order valence-corrected chi connectivity index (χ2v) is 5.06. The lowest BCUT2D eigenvalue weighted by Crippen LogP contribution is -2.53. The standard InChI is InChI=1S/C12H23NO2/c1-10(2)14-8-11-4-3-5-12(11)9-13-6-7-15-12/h10-11,13H,3-9H2,1-2H3/t11-,12+/m0/s1. The zero-order valence-corrected chi connectivity index (χ0v) is 9.92. The first-order valence-electron chi connectivity index (χ1n) is 6.19. The van der Waals surface area contributed by atoms with Gasteiger partial charge < -0.3 is 14.8 Å². The Kier molecular flexibility index (Phi) is 3.65. The molecule has 0 aromatic heterocycles. The lowest BCUT2D eigenvalue weighted by molar-refractivity contribution is -0.111. The topological polar surface area (TPSA) is 30.5 Å². The van der Waals surface area contributed by atoms with Gasteiger partial charge in [0.05, 0.1) is 24.9 Å². The molecular formula is C12H23NO2. The van der Waals surface area contributed by atoms with Gasteiger partial charge >= 0.3 is 0 Å². The average Bonchev–Trinajstić information content (AvgIpc) is 2.59. The van der Waals surface area contributed by atoms with Crippen LogP contribution in [-0.4, -0.2) is 38.0 Å². The highest BCUT2D eigenvalue weighted by atomic mass is 16.5. The molecule has 1 aliphatic carbocycles. The van der Waals surface area contributed by atoms with Crippen LogP contribution in [0.4, 0.5) is 0 Å². The highest BCUT2D eigenvalue weighted by Crippen LogP contribution is 2.39. The van der Waals surface area contributed by atoms with Crippen molar-refractivity contribution in [2.24, 2.45) is 5.92 Å².